The lowest BCUT2D eigenvalue weighted by molar-refractivity contribution is 0.185. The van der Waals surface area contributed by atoms with Gasteiger partial charge in [0.05, 0.1) is 19.4 Å². The Morgan fingerprint density at radius 2 is 2.00 bits per heavy atom. The standard InChI is InChI=1S/C16H18N2O2S/c1-19-10-11-4-3-5-12(8-11)18-15-9-13(20-2)6-7-14(15)16(17)21/h3-9,18H,10H2,1-2H3,(H2,17,21). The quantitative estimate of drug-likeness (QED) is 0.802. The molecular formula is C16H18N2O2S. The predicted molar refractivity (Wildman–Crippen MR) is 89.3 cm³/mol. The third-order valence-corrected chi connectivity index (χ3v) is 3.23. The molecular weight excluding hydrogens is 284 g/mol. The van der Waals surface area contributed by atoms with Gasteiger partial charge < -0.3 is 20.5 Å². The number of nitrogens with two attached hydrogens (primary N) is 1. The van der Waals surface area contributed by atoms with Gasteiger partial charge in [0, 0.05) is 24.4 Å². The first kappa shape index (κ1) is 15.3. The van der Waals surface area contributed by atoms with E-state index in [2.05, 4.69) is 5.32 Å². The van der Waals surface area contributed by atoms with Crippen molar-refractivity contribution >= 4 is 28.6 Å². The average molecular weight is 302 g/mol. The van der Waals surface area contributed by atoms with Gasteiger partial charge in [0.1, 0.15) is 10.7 Å². The summed E-state index contributed by atoms with van der Waals surface area (Å²) in [5.41, 5.74) is 9.39. The first-order valence-electron chi connectivity index (χ1n) is 6.47. The number of nitrogens with one attached hydrogen (secondary N) is 1. The van der Waals surface area contributed by atoms with Crippen molar-refractivity contribution in [1.82, 2.24) is 0 Å². The SMILES string of the molecule is COCc1cccc(Nc2cc(OC)ccc2C(N)=S)c1. The first-order chi connectivity index (χ1) is 10.1. The number of hydrogen-bond donors (Lipinski definition) is 2. The highest BCUT2D eigenvalue weighted by atomic mass is 32.1. The highest BCUT2D eigenvalue weighted by molar-refractivity contribution is 7.80. The molecule has 0 amide bonds. The van der Waals surface area contributed by atoms with Crippen molar-refractivity contribution in [2.45, 2.75) is 6.61 Å². The fourth-order valence-corrected chi connectivity index (χ4v) is 2.21. The molecule has 4 nitrogen and oxygen atoms in total. The van der Waals surface area contributed by atoms with Crippen LogP contribution in [0.3, 0.4) is 0 Å². The molecule has 0 aliphatic carbocycles. The van der Waals surface area contributed by atoms with Gasteiger partial charge >= 0.3 is 0 Å². The minimum absolute atomic E-state index is 0.341. The highest BCUT2D eigenvalue weighted by Gasteiger charge is 2.08. The lowest BCUT2D eigenvalue weighted by atomic mass is 10.1. The smallest absolute Gasteiger partial charge is 0.120 e. The van der Waals surface area contributed by atoms with Crippen LogP contribution in [0.5, 0.6) is 5.75 Å². The highest BCUT2D eigenvalue weighted by Crippen LogP contribution is 2.26. The largest absolute Gasteiger partial charge is 0.497 e. The molecule has 0 radical (unpaired) electrons. The molecule has 0 bridgehead atoms. The minimum Gasteiger partial charge on any atom is -0.497 e. The van der Waals surface area contributed by atoms with Crippen LogP contribution >= 0.6 is 12.2 Å². The molecule has 3 N–H and O–H groups in total. The van der Waals surface area contributed by atoms with E-state index in [4.69, 9.17) is 27.4 Å². The summed E-state index contributed by atoms with van der Waals surface area (Å²) in [7, 11) is 3.30. The Hall–Kier alpha value is -2.11. The Balaban J connectivity index is 2.33. The van der Waals surface area contributed by atoms with Gasteiger partial charge in [-0.25, -0.2) is 0 Å². The van der Waals surface area contributed by atoms with E-state index in [1.807, 2.05) is 42.5 Å². The van der Waals surface area contributed by atoms with Gasteiger partial charge in [-0.2, -0.15) is 0 Å². The van der Waals surface area contributed by atoms with Gasteiger partial charge in [0.25, 0.3) is 0 Å². The van der Waals surface area contributed by atoms with E-state index in [-0.39, 0.29) is 0 Å². The second-order valence-electron chi connectivity index (χ2n) is 4.53. The van der Waals surface area contributed by atoms with Gasteiger partial charge in [-0.05, 0) is 29.8 Å². The lowest BCUT2D eigenvalue weighted by Gasteiger charge is -2.13. The van der Waals surface area contributed by atoms with Crippen LogP contribution in [0.25, 0.3) is 0 Å². The molecule has 5 heteroatoms. The number of benzene rings is 2. The van der Waals surface area contributed by atoms with E-state index >= 15 is 0 Å². The summed E-state index contributed by atoms with van der Waals surface area (Å²) < 4.78 is 10.4. The van der Waals surface area contributed by atoms with E-state index in [0.29, 0.717) is 11.6 Å². The predicted octanol–water partition coefficient (Wildman–Crippen LogP) is 3.22. The van der Waals surface area contributed by atoms with Crippen LogP contribution < -0.4 is 15.8 Å². The van der Waals surface area contributed by atoms with Crippen LogP contribution in [0.1, 0.15) is 11.1 Å². The van der Waals surface area contributed by atoms with Crippen molar-refractivity contribution in [2.24, 2.45) is 5.73 Å². The number of methoxy groups -OCH3 is 2. The molecule has 0 aliphatic heterocycles. The molecule has 110 valence electrons. The van der Waals surface area contributed by atoms with E-state index < -0.39 is 0 Å². The molecule has 0 unspecified atom stereocenters. The average Bonchev–Trinajstić information content (AvgIpc) is 2.47. The van der Waals surface area contributed by atoms with Crippen molar-refractivity contribution < 1.29 is 9.47 Å². The number of ether oxygens (including phenoxy) is 2. The van der Waals surface area contributed by atoms with Gasteiger partial charge in [-0.3, -0.25) is 0 Å². The molecule has 2 aromatic rings. The number of anilines is 2. The minimum atomic E-state index is 0.341. The number of rotatable bonds is 6. The Bertz CT molecular complexity index is 644. The summed E-state index contributed by atoms with van der Waals surface area (Å²) in [6.45, 7) is 0.565. The summed E-state index contributed by atoms with van der Waals surface area (Å²) in [6.07, 6.45) is 0. The second-order valence-corrected chi connectivity index (χ2v) is 4.97. The van der Waals surface area contributed by atoms with Crippen molar-refractivity contribution in [3.8, 4) is 5.75 Å². The fourth-order valence-electron chi connectivity index (χ4n) is 2.03. The molecule has 0 atom stereocenters. The molecule has 0 saturated heterocycles. The zero-order valence-electron chi connectivity index (χ0n) is 12.1. The Kier molecular flexibility index (Phi) is 5.14. The lowest BCUT2D eigenvalue weighted by Crippen LogP contribution is -2.12. The Morgan fingerprint density at radius 1 is 1.19 bits per heavy atom. The van der Waals surface area contributed by atoms with Crippen LogP contribution in [0, 0.1) is 0 Å². The first-order valence-corrected chi connectivity index (χ1v) is 6.87. The van der Waals surface area contributed by atoms with Gasteiger partial charge in [-0.15, -0.1) is 0 Å². The summed E-state index contributed by atoms with van der Waals surface area (Å²) in [5, 5.41) is 3.32. The van der Waals surface area contributed by atoms with Crippen LogP contribution in [-0.2, 0) is 11.3 Å². The molecule has 21 heavy (non-hydrogen) atoms. The number of thiocarbonyl (C=S) groups is 1. The topological polar surface area (TPSA) is 56.5 Å². The van der Waals surface area contributed by atoms with Crippen molar-refractivity contribution in [2.75, 3.05) is 19.5 Å². The summed E-state index contributed by atoms with van der Waals surface area (Å²) >= 11 is 5.09. The third-order valence-electron chi connectivity index (χ3n) is 3.01. The normalized spacial score (nSPS) is 10.2. The molecule has 2 aromatic carbocycles. The Labute approximate surface area is 129 Å². The van der Waals surface area contributed by atoms with Gasteiger partial charge in [0.15, 0.2) is 0 Å². The van der Waals surface area contributed by atoms with Crippen molar-refractivity contribution in [1.29, 1.82) is 0 Å². The Morgan fingerprint density at radius 3 is 2.67 bits per heavy atom. The molecule has 0 heterocycles. The van der Waals surface area contributed by atoms with Crippen molar-refractivity contribution in [3.63, 3.8) is 0 Å². The third kappa shape index (κ3) is 3.93. The summed E-state index contributed by atoms with van der Waals surface area (Å²) in [6, 6.07) is 13.5. The molecule has 0 aromatic heterocycles. The molecule has 0 fully saturated rings. The van der Waals surface area contributed by atoms with Crippen LogP contribution in [0.2, 0.25) is 0 Å². The van der Waals surface area contributed by atoms with Crippen molar-refractivity contribution in [3.05, 3.63) is 53.6 Å². The van der Waals surface area contributed by atoms with E-state index in [1.54, 1.807) is 14.2 Å². The van der Waals surface area contributed by atoms with Crippen LogP contribution in [0.15, 0.2) is 42.5 Å². The van der Waals surface area contributed by atoms with E-state index in [9.17, 15) is 0 Å². The summed E-state index contributed by atoms with van der Waals surface area (Å²) in [4.78, 5) is 0.341. The van der Waals surface area contributed by atoms with Gasteiger partial charge in [-0.1, -0.05) is 24.4 Å². The molecule has 2 rings (SSSR count). The van der Waals surface area contributed by atoms with E-state index in [1.165, 1.54) is 0 Å². The summed E-state index contributed by atoms with van der Waals surface area (Å²) in [5.74, 6) is 0.741. The zero-order chi connectivity index (χ0) is 15.2. The second kappa shape index (κ2) is 7.06. The maximum Gasteiger partial charge on any atom is 0.120 e. The fraction of sp³-hybridized carbons (Fsp3) is 0.188. The monoisotopic (exact) mass is 302 g/mol. The maximum atomic E-state index is 5.77. The zero-order valence-corrected chi connectivity index (χ0v) is 12.9. The number of hydrogen-bond acceptors (Lipinski definition) is 4. The van der Waals surface area contributed by atoms with Crippen LogP contribution in [0.4, 0.5) is 11.4 Å². The van der Waals surface area contributed by atoms with Crippen LogP contribution in [-0.4, -0.2) is 19.2 Å². The van der Waals surface area contributed by atoms with Gasteiger partial charge in [0.2, 0.25) is 0 Å². The molecule has 0 saturated carbocycles. The maximum absolute atomic E-state index is 5.77. The van der Waals surface area contributed by atoms with E-state index in [0.717, 1.165) is 28.3 Å². The molecule has 0 spiro atoms. The molecule has 0 aliphatic rings.